The van der Waals surface area contributed by atoms with E-state index in [2.05, 4.69) is 26.3 Å². The molecule has 0 saturated carbocycles. The zero-order valence-electron chi connectivity index (χ0n) is 23.8. The molecule has 1 aromatic heterocycles. The van der Waals surface area contributed by atoms with Gasteiger partial charge in [-0.1, -0.05) is 60.7 Å². The average Bonchev–Trinajstić information content (AvgIpc) is 3.65. The van der Waals surface area contributed by atoms with Crippen LogP contribution in [0.25, 0.3) is 10.9 Å². The maximum Gasteiger partial charge on any atom is 0.289 e. The minimum atomic E-state index is -1.31. The summed E-state index contributed by atoms with van der Waals surface area (Å²) in [6.45, 7) is 0.538. The molecule has 1 saturated heterocycles. The summed E-state index contributed by atoms with van der Waals surface area (Å²) in [6.07, 6.45) is 0.461. The number of amides is 4. The van der Waals surface area contributed by atoms with E-state index in [-0.39, 0.29) is 31.0 Å². The van der Waals surface area contributed by atoms with Crippen LogP contribution in [-0.4, -0.2) is 53.0 Å². The summed E-state index contributed by atoms with van der Waals surface area (Å²) in [5.74, 6) is -4.38. The number of carbonyl (C=O) groups is 5. The molecule has 0 bridgehead atoms. The molecule has 4 amide bonds. The minimum absolute atomic E-state index is 0.0747. The summed E-state index contributed by atoms with van der Waals surface area (Å²) in [7, 11) is 0. The van der Waals surface area contributed by atoms with Gasteiger partial charge in [-0.2, -0.15) is 0 Å². The quantitative estimate of drug-likeness (QED) is 0.159. The molecular weight excluding hydrogens is 565 g/mol. The van der Waals surface area contributed by atoms with Crippen LogP contribution in [0.1, 0.15) is 34.5 Å². The largest absolute Gasteiger partial charge is 0.356 e. The van der Waals surface area contributed by atoms with E-state index in [4.69, 9.17) is 0 Å². The van der Waals surface area contributed by atoms with E-state index in [9.17, 15) is 28.4 Å². The van der Waals surface area contributed by atoms with E-state index in [0.717, 1.165) is 11.1 Å². The molecule has 1 fully saturated rings. The number of nitrogens with one attached hydrogen (secondary N) is 5. The maximum absolute atomic E-state index is 13.7. The zero-order valence-corrected chi connectivity index (χ0v) is 23.8. The van der Waals surface area contributed by atoms with Crippen LogP contribution in [0.15, 0.2) is 84.9 Å². The summed E-state index contributed by atoms with van der Waals surface area (Å²) >= 11 is 0. The van der Waals surface area contributed by atoms with Gasteiger partial charge in [-0.05, 0) is 48.2 Å². The maximum atomic E-state index is 13.7. The molecule has 10 nitrogen and oxygen atoms in total. The Balaban J connectivity index is 1.35. The predicted octanol–water partition coefficient (Wildman–Crippen LogP) is 2.54. The Kier molecular flexibility index (Phi) is 9.43. The van der Waals surface area contributed by atoms with Crippen molar-refractivity contribution >= 4 is 40.3 Å². The van der Waals surface area contributed by atoms with Gasteiger partial charge in [0.05, 0.1) is 6.04 Å². The Labute approximate surface area is 252 Å². The van der Waals surface area contributed by atoms with Crippen molar-refractivity contribution in [2.45, 2.75) is 37.9 Å². The van der Waals surface area contributed by atoms with Crippen molar-refractivity contribution in [3.63, 3.8) is 0 Å². The number of hydrogen-bond donors (Lipinski definition) is 5. The van der Waals surface area contributed by atoms with Gasteiger partial charge < -0.3 is 26.3 Å². The van der Waals surface area contributed by atoms with Gasteiger partial charge in [-0.3, -0.25) is 24.0 Å². The first kappa shape index (κ1) is 30.1. The monoisotopic (exact) mass is 597 g/mol. The van der Waals surface area contributed by atoms with E-state index in [1.165, 1.54) is 24.3 Å². The highest BCUT2D eigenvalue weighted by Gasteiger charge is 2.35. The summed E-state index contributed by atoms with van der Waals surface area (Å²) in [5, 5.41) is 11.1. The first-order valence-corrected chi connectivity index (χ1v) is 14.3. The lowest BCUT2D eigenvalue weighted by Gasteiger charge is -2.24. The number of Topliss-reactive ketones (excluding diaryl/α,β-unsaturated/α-hetero) is 1. The van der Waals surface area contributed by atoms with Gasteiger partial charge in [0.2, 0.25) is 17.6 Å². The highest BCUT2D eigenvalue weighted by Crippen LogP contribution is 2.19. The van der Waals surface area contributed by atoms with Crippen molar-refractivity contribution in [1.82, 2.24) is 26.3 Å². The van der Waals surface area contributed by atoms with Crippen LogP contribution in [0, 0.1) is 11.7 Å². The Morgan fingerprint density at radius 1 is 0.864 bits per heavy atom. The number of halogens is 1. The summed E-state index contributed by atoms with van der Waals surface area (Å²) < 4.78 is 13.7. The van der Waals surface area contributed by atoms with Crippen LogP contribution in [0.2, 0.25) is 0 Å². The van der Waals surface area contributed by atoms with Crippen molar-refractivity contribution in [3.05, 3.63) is 108 Å². The molecule has 5 rings (SSSR count). The van der Waals surface area contributed by atoms with Crippen LogP contribution in [0.4, 0.5) is 4.39 Å². The number of rotatable bonds is 12. The fourth-order valence-electron chi connectivity index (χ4n) is 5.20. The van der Waals surface area contributed by atoms with Crippen LogP contribution in [0.5, 0.6) is 0 Å². The SMILES string of the molecule is O=C(NCc1ccccc1)C(=O)[C@H](C[C@@H]1CCNC1=O)NC(=O)[C@H](Cc1ccccc1)NC(=O)c1cc2cc(F)ccc2[nH]1. The minimum Gasteiger partial charge on any atom is -0.356 e. The summed E-state index contributed by atoms with van der Waals surface area (Å²) in [6, 6.07) is 21.1. The molecule has 11 heteroatoms. The molecule has 5 N–H and O–H groups in total. The van der Waals surface area contributed by atoms with Crippen molar-refractivity contribution < 1.29 is 28.4 Å². The van der Waals surface area contributed by atoms with E-state index < -0.39 is 47.3 Å². The van der Waals surface area contributed by atoms with Crippen molar-refractivity contribution in [2.24, 2.45) is 5.92 Å². The molecule has 44 heavy (non-hydrogen) atoms. The molecule has 4 aromatic rings. The Hall–Kier alpha value is -5.32. The van der Waals surface area contributed by atoms with E-state index in [1.54, 1.807) is 48.5 Å². The third-order valence-electron chi connectivity index (χ3n) is 7.57. The lowest BCUT2D eigenvalue weighted by Crippen LogP contribution is -2.55. The number of hydrogen-bond acceptors (Lipinski definition) is 5. The van der Waals surface area contributed by atoms with E-state index in [1.807, 2.05) is 12.1 Å². The molecule has 3 aromatic carbocycles. The fourth-order valence-corrected chi connectivity index (χ4v) is 5.20. The van der Waals surface area contributed by atoms with Gasteiger partial charge in [-0.25, -0.2) is 4.39 Å². The molecule has 2 heterocycles. The van der Waals surface area contributed by atoms with Crippen molar-refractivity contribution in [2.75, 3.05) is 6.54 Å². The number of fused-ring (bicyclic) bond motifs is 1. The van der Waals surface area contributed by atoms with Gasteiger partial charge in [0.15, 0.2) is 0 Å². The van der Waals surface area contributed by atoms with Crippen LogP contribution >= 0.6 is 0 Å². The summed E-state index contributed by atoms with van der Waals surface area (Å²) in [4.78, 5) is 68.6. The Morgan fingerprint density at radius 2 is 1.57 bits per heavy atom. The lowest BCUT2D eigenvalue weighted by molar-refractivity contribution is -0.141. The van der Waals surface area contributed by atoms with E-state index >= 15 is 0 Å². The van der Waals surface area contributed by atoms with Crippen molar-refractivity contribution in [3.8, 4) is 0 Å². The number of H-pyrrole nitrogens is 1. The number of ketones is 1. The third-order valence-corrected chi connectivity index (χ3v) is 7.57. The number of aromatic amines is 1. The van der Waals surface area contributed by atoms with Crippen LogP contribution in [0.3, 0.4) is 0 Å². The van der Waals surface area contributed by atoms with Gasteiger partial charge in [-0.15, -0.1) is 0 Å². The van der Waals surface area contributed by atoms with Gasteiger partial charge in [0.1, 0.15) is 17.6 Å². The number of aromatic nitrogens is 1. The molecular formula is C33H32FN5O5. The molecule has 3 atom stereocenters. The standard InChI is InChI=1S/C33H32FN5O5/c34-24-11-12-25-23(16-24)18-28(37-25)32(43)39-27(15-20-7-3-1-4-8-20)31(42)38-26(17-22-13-14-35-30(22)41)29(40)33(44)36-19-21-9-5-2-6-10-21/h1-12,16,18,22,26-27,37H,13-15,17,19H2,(H,35,41)(H,36,44)(H,38,42)(H,39,43)/t22-,26-,27-/m0/s1. The predicted molar refractivity (Wildman–Crippen MR) is 161 cm³/mol. The Bertz CT molecular complexity index is 1670. The molecule has 0 spiro atoms. The summed E-state index contributed by atoms with van der Waals surface area (Å²) in [5.41, 5.74) is 2.19. The van der Waals surface area contributed by atoms with Gasteiger partial charge in [0, 0.05) is 36.3 Å². The second kappa shape index (κ2) is 13.8. The fraction of sp³-hybridized carbons (Fsp3) is 0.242. The first-order valence-electron chi connectivity index (χ1n) is 14.3. The number of benzene rings is 3. The molecule has 0 radical (unpaired) electrons. The molecule has 0 unspecified atom stereocenters. The highest BCUT2D eigenvalue weighted by atomic mass is 19.1. The smallest absolute Gasteiger partial charge is 0.289 e. The first-order chi connectivity index (χ1) is 21.3. The zero-order chi connectivity index (χ0) is 31.1. The van der Waals surface area contributed by atoms with Crippen molar-refractivity contribution in [1.29, 1.82) is 0 Å². The number of carbonyl (C=O) groups excluding carboxylic acids is 5. The Morgan fingerprint density at radius 3 is 2.25 bits per heavy atom. The van der Waals surface area contributed by atoms with E-state index in [0.29, 0.717) is 23.9 Å². The highest BCUT2D eigenvalue weighted by molar-refractivity contribution is 6.38. The van der Waals surface area contributed by atoms with Gasteiger partial charge >= 0.3 is 0 Å². The molecule has 1 aliphatic heterocycles. The molecule has 0 aliphatic carbocycles. The van der Waals surface area contributed by atoms with Gasteiger partial charge in [0.25, 0.3) is 11.8 Å². The average molecular weight is 598 g/mol. The topological polar surface area (TPSA) is 149 Å². The molecule has 1 aliphatic rings. The normalized spacial score (nSPS) is 15.7. The third kappa shape index (κ3) is 7.54. The lowest BCUT2D eigenvalue weighted by atomic mass is 9.94. The van der Waals surface area contributed by atoms with Crippen LogP contribution < -0.4 is 21.3 Å². The molecule has 226 valence electrons. The second-order valence-electron chi connectivity index (χ2n) is 10.7. The second-order valence-corrected chi connectivity index (χ2v) is 10.7. The van der Waals surface area contributed by atoms with Crippen LogP contribution in [-0.2, 0) is 32.1 Å².